The number of halogens is 3. The Balaban J connectivity index is 1.33. The summed E-state index contributed by atoms with van der Waals surface area (Å²) in [4.78, 5) is 18.1. The van der Waals surface area contributed by atoms with E-state index in [1.54, 1.807) is 29.3 Å². The fourth-order valence-corrected chi connectivity index (χ4v) is 4.61. The van der Waals surface area contributed by atoms with Gasteiger partial charge in [0.2, 0.25) is 0 Å². The lowest BCUT2D eigenvalue weighted by atomic mass is 9.82. The summed E-state index contributed by atoms with van der Waals surface area (Å²) in [6, 6.07) is 6.14. The largest absolute Gasteiger partial charge is 0.419 e. The van der Waals surface area contributed by atoms with Gasteiger partial charge in [-0.25, -0.2) is 9.78 Å². The van der Waals surface area contributed by atoms with E-state index < -0.39 is 17.6 Å². The fraction of sp³-hybridized carbons (Fsp3) is 0.381. The number of anilines is 1. The Hall–Kier alpha value is -3.70. The van der Waals surface area contributed by atoms with Gasteiger partial charge in [0.25, 0.3) is 0 Å². The minimum absolute atomic E-state index is 0.187. The number of likely N-dealkylation sites (tertiary alicyclic amines) is 1. The van der Waals surface area contributed by atoms with Crippen LogP contribution in [-0.2, 0) is 24.7 Å². The van der Waals surface area contributed by atoms with Crippen LogP contribution < -0.4 is 11.1 Å². The zero-order chi connectivity index (χ0) is 23.2. The van der Waals surface area contributed by atoms with Gasteiger partial charge in [0.15, 0.2) is 0 Å². The number of fused-ring (bicyclic) bond motifs is 2. The normalized spacial score (nSPS) is 19.8. The molecule has 2 amide bonds. The molecule has 9 nitrogen and oxygen atoms in total. The van der Waals surface area contributed by atoms with Crippen molar-refractivity contribution in [2.45, 2.75) is 37.5 Å². The molecule has 0 saturated carbocycles. The predicted octanol–water partition coefficient (Wildman–Crippen LogP) is 2.59. The first kappa shape index (κ1) is 21.2. The monoisotopic (exact) mass is 458 g/mol. The number of aromatic nitrogens is 5. The van der Waals surface area contributed by atoms with Gasteiger partial charge in [0.1, 0.15) is 5.82 Å². The Labute approximate surface area is 186 Å². The molecular weight excluding hydrogens is 437 g/mol. The third kappa shape index (κ3) is 3.85. The van der Waals surface area contributed by atoms with Crippen molar-refractivity contribution in [3.8, 4) is 11.3 Å². The highest BCUT2D eigenvalue weighted by Gasteiger charge is 2.47. The van der Waals surface area contributed by atoms with Gasteiger partial charge in [-0.15, -0.1) is 0 Å². The van der Waals surface area contributed by atoms with Crippen molar-refractivity contribution in [3.63, 3.8) is 0 Å². The van der Waals surface area contributed by atoms with Gasteiger partial charge in [0, 0.05) is 48.7 Å². The van der Waals surface area contributed by atoms with Crippen molar-refractivity contribution in [2.24, 2.45) is 0 Å². The van der Waals surface area contributed by atoms with E-state index in [9.17, 15) is 18.0 Å². The second kappa shape index (κ2) is 7.71. The van der Waals surface area contributed by atoms with Crippen LogP contribution in [0.1, 0.15) is 29.8 Å². The van der Waals surface area contributed by atoms with Gasteiger partial charge < -0.3 is 16.0 Å². The topological polar surface area (TPSA) is 115 Å². The first-order chi connectivity index (χ1) is 15.7. The summed E-state index contributed by atoms with van der Waals surface area (Å²) in [6.07, 6.45) is -0.156. The van der Waals surface area contributed by atoms with Crippen molar-refractivity contribution in [1.82, 2.24) is 35.2 Å². The number of nitrogens with zero attached hydrogens (tertiary/aromatic N) is 6. The van der Waals surface area contributed by atoms with Gasteiger partial charge in [-0.2, -0.15) is 28.5 Å². The first-order valence-corrected chi connectivity index (χ1v) is 10.5. The predicted molar refractivity (Wildman–Crippen MR) is 112 cm³/mol. The molecule has 0 aromatic carbocycles. The summed E-state index contributed by atoms with van der Waals surface area (Å²) in [5.74, 6) is -0.562. The van der Waals surface area contributed by atoms with E-state index in [1.165, 1.54) is 6.20 Å². The highest BCUT2D eigenvalue weighted by molar-refractivity contribution is 5.75. The molecule has 172 valence electrons. The minimum Gasteiger partial charge on any atom is -0.383 e. The number of carbonyl (C=O) groups is 1. The van der Waals surface area contributed by atoms with E-state index in [4.69, 9.17) is 5.73 Å². The molecule has 2 aliphatic heterocycles. The third-order valence-electron chi connectivity index (χ3n) is 6.33. The smallest absolute Gasteiger partial charge is 0.383 e. The maximum atomic E-state index is 13.2. The summed E-state index contributed by atoms with van der Waals surface area (Å²) >= 11 is 0. The molecule has 3 aromatic heterocycles. The molecule has 1 spiro atoms. The number of pyridine rings is 1. The molecule has 12 heteroatoms. The van der Waals surface area contributed by atoms with Crippen molar-refractivity contribution in [2.75, 3.05) is 18.8 Å². The Morgan fingerprint density at radius 1 is 1.24 bits per heavy atom. The van der Waals surface area contributed by atoms with Gasteiger partial charge in [-0.1, -0.05) is 0 Å². The van der Waals surface area contributed by atoms with Crippen molar-refractivity contribution in [3.05, 3.63) is 53.6 Å². The number of nitrogens with two attached hydrogens (primary N) is 1. The van der Waals surface area contributed by atoms with E-state index in [-0.39, 0.29) is 23.6 Å². The maximum absolute atomic E-state index is 13.2. The second-order valence-electron chi connectivity index (χ2n) is 8.37. The molecule has 1 fully saturated rings. The summed E-state index contributed by atoms with van der Waals surface area (Å²) in [7, 11) is 0. The quantitative estimate of drug-likeness (QED) is 0.624. The Morgan fingerprint density at radius 3 is 2.82 bits per heavy atom. The van der Waals surface area contributed by atoms with E-state index in [2.05, 4.69) is 25.6 Å². The van der Waals surface area contributed by atoms with Crippen LogP contribution in [0.5, 0.6) is 0 Å². The number of carbonyl (C=O) groups excluding carboxylic acids is 1. The van der Waals surface area contributed by atoms with E-state index in [0.29, 0.717) is 31.0 Å². The molecule has 3 aromatic rings. The second-order valence-corrected chi connectivity index (χ2v) is 8.37. The van der Waals surface area contributed by atoms with Crippen LogP contribution in [0.15, 0.2) is 36.7 Å². The zero-order valence-corrected chi connectivity index (χ0v) is 17.5. The summed E-state index contributed by atoms with van der Waals surface area (Å²) < 4.78 is 41.5. The van der Waals surface area contributed by atoms with Crippen molar-refractivity contribution in [1.29, 1.82) is 0 Å². The summed E-state index contributed by atoms with van der Waals surface area (Å²) in [5.41, 5.74) is 6.42. The standard InChI is InChI=1S/C21H21F3N8O/c22-21(23,24)15-8-13(10-26-18(15)25)16-9-17-20(4-7-32(17)30-16)3-6-31(12-20)19(33)27-11-14-2-1-5-28-29-14/h1-2,5,8-10H,3-4,6-7,11-12H2,(H2,25,26)(H,27,33). The molecule has 0 aliphatic carbocycles. The number of urea groups is 1. The molecule has 0 bridgehead atoms. The average Bonchev–Trinajstić information content (AvgIpc) is 3.49. The highest BCUT2D eigenvalue weighted by atomic mass is 19.4. The van der Waals surface area contributed by atoms with E-state index in [1.807, 2.05) is 4.68 Å². The number of nitrogen functional groups attached to an aromatic ring is 1. The number of hydrogen-bond acceptors (Lipinski definition) is 6. The van der Waals surface area contributed by atoms with Gasteiger partial charge >= 0.3 is 12.2 Å². The van der Waals surface area contributed by atoms with E-state index in [0.717, 1.165) is 24.6 Å². The molecule has 1 atom stereocenters. The van der Waals surface area contributed by atoms with Crippen LogP contribution in [-0.4, -0.2) is 49.0 Å². The van der Waals surface area contributed by atoms with Gasteiger partial charge in [0.05, 0.1) is 23.5 Å². The molecule has 2 aliphatic rings. The maximum Gasteiger partial charge on any atom is 0.419 e. The van der Waals surface area contributed by atoms with Gasteiger partial charge in [-0.3, -0.25) is 4.68 Å². The SMILES string of the molecule is Nc1ncc(-c2cc3n(n2)CCC32CCN(C(=O)NCc3cccnn3)C2)cc1C(F)(F)F. The summed E-state index contributed by atoms with van der Waals surface area (Å²) in [6.45, 7) is 2.01. The molecule has 1 saturated heterocycles. The van der Waals surface area contributed by atoms with Crippen LogP contribution in [0.3, 0.4) is 0 Å². The summed E-state index contributed by atoms with van der Waals surface area (Å²) in [5, 5.41) is 15.1. The Morgan fingerprint density at radius 2 is 2.06 bits per heavy atom. The lowest BCUT2D eigenvalue weighted by molar-refractivity contribution is -0.137. The lowest BCUT2D eigenvalue weighted by Gasteiger charge is -2.23. The molecule has 5 heterocycles. The molecular formula is C21H21F3N8O. The van der Waals surface area contributed by atoms with Gasteiger partial charge in [-0.05, 0) is 37.1 Å². The zero-order valence-electron chi connectivity index (χ0n) is 17.5. The van der Waals surface area contributed by atoms with E-state index >= 15 is 0 Å². The lowest BCUT2D eigenvalue weighted by Crippen LogP contribution is -2.40. The Bertz CT molecular complexity index is 1200. The van der Waals surface area contributed by atoms with Crippen LogP contribution in [0.25, 0.3) is 11.3 Å². The number of rotatable bonds is 3. The highest BCUT2D eigenvalue weighted by Crippen LogP contribution is 2.44. The van der Waals surface area contributed by atoms with Crippen molar-refractivity contribution >= 4 is 11.8 Å². The minimum atomic E-state index is -4.60. The van der Waals surface area contributed by atoms with Crippen LogP contribution in [0.4, 0.5) is 23.8 Å². The molecule has 3 N–H and O–H groups in total. The number of nitrogens with one attached hydrogen (secondary N) is 1. The van der Waals surface area contributed by atoms with Crippen LogP contribution in [0.2, 0.25) is 0 Å². The Kier molecular flexibility index (Phi) is 4.94. The first-order valence-electron chi connectivity index (χ1n) is 10.5. The van der Waals surface area contributed by atoms with Crippen LogP contribution >= 0.6 is 0 Å². The number of hydrogen-bond donors (Lipinski definition) is 2. The fourth-order valence-electron chi connectivity index (χ4n) is 4.61. The molecule has 1 unspecified atom stereocenters. The van der Waals surface area contributed by atoms with Crippen LogP contribution in [0, 0.1) is 0 Å². The molecule has 5 rings (SSSR count). The molecule has 33 heavy (non-hydrogen) atoms. The number of aryl methyl sites for hydroxylation is 1. The average molecular weight is 458 g/mol. The number of amides is 2. The third-order valence-corrected chi connectivity index (χ3v) is 6.33. The van der Waals surface area contributed by atoms with Crippen molar-refractivity contribution < 1.29 is 18.0 Å². The molecule has 0 radical (unpaired) electrons. The number of alkyl halides is 3.